The third-order valence-corrected chi connectivity index (χ3v) is 7.70. The highest BCUT2D eigenvalue weighted by Gasteiger charge is 2.37. The van der Waals surface area contributed by atoms with Gasteiger partial charge in [-0.05, 0) is 37.1 Å². The molecule has 0 aromatic carbocycles. The smallest absolute Gasteiger partial charge is 0.322 e. The lowest BCUT2D eigenvalue weighted by molar-refractivity contribution is -0.467. The predicted octanol–water partition coefficient (Wildman–Crippen LogP) is 4.58. The number of hydrogen-bond acceptors (Lipinski definition) is 8. The molecule has 0 aliphatic heterocycles. The van der Waals surface area contributed by atoms with Crippen LogP contribution in [0.5, 0.6) is 0 Å². The number of hydrogen-bond donors (Lipinski definition) is 3. The number of nitrogens with one attached hydrogen (secondary N) is 2. The number of H-pyrrole nitrogens is 1. The monoisotopic (exact) mass is 461 g/mol. The van der Waals surface area contributed by atoms with Gasteiger partial charge in [0.1, 0.15) is 9.85 Å². The molecule has 11 heteroatoms. The van der Waals surface area contributed by atoms with Crippen molar-refractivity contribution < 1.29 is 13.6 Å². The first-order chi connectivity index (χ1) is 14.6. The van der Waals surface area contributed by atoms with Gasteiger partial charge in [-0.2, -0.15) is 9.31 Å². The van der Waals surface area contributed by atoms with E-state index in [-0.39, 0.29) is 0 Å². The summed E-state index contributed by atoms with van der Waals surface area (Å²) in [6.07, 6.45) is 2.33. The van der Waals surface area contributed by atoms with E-state index in [2.05, 4.69) is 20.5 Å². The minimum absolute atomic E-state index is 0.438. The van der Waals surface area contributed by atoms with Gasteiger partial charge in [0.15, 0.2) is 15.8 Å². The summed E-state index contributed by atoms with van der Waals surface area (Å²) >= 11 is 1.25. The van der Waals surface area contributed by atoms with Gasteiger partial charge >= 0.3 is 11.0 Å². The molecule has 3 heterocycles. The topological polar surface area (TPSA) is 114 Å². The van der Waals surface area contributed by atoms with E-state index in [0.29, 0.717) is 37.3 Å². The van der Waals surface area contributed by atoms with Gasteiger partial charge in [0.05, 0.1) is 10.6 Å². The molecule has 3 aromatic heterocycles. The SMILES string of the molecule is CN(O)c1ccc(-c2ccc(S(=O)[N+](=O)C(C)(C)C)s2)nc1Nc1cc(C2CC2)[nH]n1. The molecule has 31 heavy (non-hydrogen) atoms. The molecule has 1 saturated carbocycles. The average Bonchev–Trinajstić information content (AvgIpc) is 3.25. The van der Waals surface area contributed by atoms with E-state index in [0.717, 1.165) is 28.5 Å². The van der Waals surface area contributed by atoms with E-state index >= 15 is 0 Å². The molecule has 0 spiro atoms. The molecule has 4 rings (SSSR count). The van der Waals surface area contributed by atoms with Gasteiger partial charge in [-0.3, -0.25) is 15.4 Å². The first-order valence-electron chi connectivity index (χ1n) is 9.89. The lowest BCUT2D eigenvalue weighted by Crippen LogP contribution is -2.32. The Morgan fingerprint density at radius 3 is 2.68 bits per heavy atom. The number of rotatable bonds is 7. The van der Waals surface area contributed by atoms with Crippen molar-refractivity contribution in [2.75, 3.05) is 17.4 Å². The van der Waals surface area contributed by atoms with Crippen molar-refractivity contribution in [3.8, 4) is 10.6 Å². The second-order valence-corrected chi connectivity index (χ2v) is 11.1. The fourth-order valence-corrected chi connectivity index (χ4v) is 5.26. The van der Waals surface area contributed by atoms with Gasteiger partial charge in [-0.25, -0.2) is 4.98 Å². The Kier molecular flexibility index (Phi) is 5.67. The predicted molar refractivity (Wildman–Crippen MR) is 121 cm³/mol. The Bertz CT molecular complexity index is 1140. The zero-order valence-corrected chi connectivity index (χ0v) is 19.4. The summed E-state index contributed by atoms with van der Waals surface area (Å²) in [6.45, 7) is 5.17. The molecule has 0 amide bonds. The zero-order valence-electron chi connectivity index (χ0n) is 17.7. The van der Waals surface area contributed by atoms with E-state index in [1.807, 2.05) is 6.07 Å². The molecule has 164 valence electrons. The molecular formula is C20H25N6O3S2+. The van der Waals surface area contributed by atoms with Crippen molar-refractivity contribution in [1.29, 1.82) is 0 Å². The quantitative estimate of drug-likeness (QED) is 0.348. The average molecular weight is 462 g/mol. The van der Waals surface area contributed by atoms with Crippen molar-refractivity contribution in [3.05, 3.63) is 40.9 Å². The van der Waals surface area contributed by atoms with Crippen LogP contribution in [-0.2, 0) is 11.0 Å². The van der Waals surface area contributed by atoms with Gasteiger partial charge in [0, 0.05) is 50.4 Å². The summed E-state index contributed by atoms with van der Waals surface area (Å²) in [4.78, 5) is 17.7. The largest absolute Gasteiger partial charge is 0.373 e. The maximum atomic E-state index is 12.6. The molecular weight excluding hydrogens is 436 g/mol. The second kappa shape index (κ2) is 8.13. The van der Waals surface area contributed by atoms with Crippen LogP contribution in [0, 0.1) is 4.91 Å². The molecule has 3 aromatic rings. The number of thiophene rings is 1. The van der Waals surface area contributed by atoms with Gasteiger partial charge in [0.25, 0.3) is 0 Å². The van der Waals surface area contributed by atoms with E-state index in [4.69, 9.17) is 0 Å². The van der Waals surface area contributed by atoms with Crippen LogP contribution >= 0.6 is 11.3 Å². The number of aromatic nitrogens is 3. The van der Waals surface area contributed by atoms with Crippen LogP contribution < -0.4 is 10.4 Å². The molecule has 3 N–H and O–H groups in total. The van der Waals surface area contributed by atoms with Crippen LogP contribution in [0.15, 0.2) is 34.5 Å². The summed E-state index contributed by atoms with van der Waals surface area (Å²) in [7, 11) is -0.287. The van der Waals surface area contributed by atoms with Crippen molar-refractivity contribution in [3.63, 3.8) is 0 Å². The molecule has 9 nitrogen and oxygen atoms in total. The number of hydroxylamine groups is 1. The molecule has 1 atom stereocenters. The molecule has 1 aliphatic carbocycles. The lowest BCUT2D eigenvalue weighted by atomic mass is 10.1. The minimum Gasteiger partial charge on any atom is -0.322 e. The zero-order chi connectivity index (χ0) is 22.3. The van der Waals surface area contributed by atoms with Crippen LogP contribution in [0.2, 0.25) is 0 Å². The highest BCUT2D eigenvalue weighted by molar-refractivity contribution is 7.81. The number of aromatic amines is 1. The molecule has 1 unspecified atom stereocenters. The summed E-state index contributed by atoms with van der Waals surface area (Å²) in [5, 5.41) is 21.5. The molecule has 0 saturated heterocycles. The maximum absolute atomic E-state index is 12.6. The van der Waals surface area contributed by atoms with Crippen molar-refractivity contribution >= 4 is 39.6 Å². The van der Waals surface area contributed by atoms with E-state index in [9.17, 15) is 14.3 Å². The van der Waals surface area contributed by atoms with Crippen molar-refractivity contribution in [2.24, 2.45) is 0 Å². The Labute approximate surface area is 186 Å². The van der Waals surface area contributed by atoms with Gasteiger partial charge in [0.2, 0.25) is 5.54 Å². The van der Waals surface area contributed by atoms with Gasteiger partial charge < -0.3 is 5.32 Å². The third-order valence-electron chi connectivity index (χ3n) is 4.79. The number of anilines is 3. The fourth-order valence-electron chi connectivity index (χ4n) is 2.95. The van der Waals surface area contributed by atoms with Gasteiger partial charge in [-0.1, -0.05) is 0 Å². The normalized spacial score (nSPS) is 15.0. The standard InChI is InChI=1S/C20H25N6O3S2/c1-20(2,3)26(28)31(29)18-10-9-16(30-18)13-7-8-15(25(4)27)19(21-13)22-17-11-14(23-24-17)12-5-6-12/h7-12,27H,5-6H2,1-4H3,(H2,21,22,23,24)/q+1. The Hall–Kier alpha value is -2.63. The first kappa shape index (κ1) is 21.6. The first-order valence-corrected chi connectivity index (χ1v) is 11.8. The molecule has 0 radical (unpaired) electrons. The van der Waals surface area contributed by atoms with Crippen molar-refractivity contribution in [1.82, 2.24) is 15.2 Å². The van der Waals surface area contributed by atoms with Crippen LogP contribution in [-0.4, -0.2) is 41.3 Å². The summed E-state index contributed by atoms with van der Waals surface area (Å²) in [6, 6.07) is 8.94. The second-order valence-electron chi connectivity index (χ2n) is 8.49. The Balaban J connectivity index is 1.62. The minimum atomic E-state index is -1.80. The van der Waals surface area contributed by atoms with Crippen LogP contribution in [0.3, 0.4) is 0 Å². The van der Waals surface area contributed by atoms with Crippen molar-refractivity contribution in [2.45, 2.75) is 49.3 Å². The van der Waals surface area contributed by atoms with E-state index in [1.54, 1.807) is 45.0 Å². The molecule has 0 bridgehead atoms. The number of pyridine rings is 1. The van der Waals surface area contributed by atoms with E-state index < -0.39 is 16.5 Å². The third kappa shape index (κ3) is 4.68. The summed E-state index contributed by atoms with van der Waals surface area (Å²) < 4.78 is 13.7. The van der Waals surface area contributed by atoms with Gasteiger partial charge in [-0.15, -0.1) is 11.3 Å². The number of nitroso groups, excluding NO2 is 1. The van der Waals surface area contributed by atoms with E-state index in [1.165, 1.54) is 18.4 Å². The Morgan fingerprint density at radius 1 is 1.29 bits per heavy atom. The highest BCUT2D eigenvalue weighted by Crippen LogP contribution is 2.40. The lowest BCUT2D eigenvalue weighted by Gasteiger charge is -2.15. The summed E-state index contributed by atoms with van der Waals surface area (Å²) in [5.74, 6) is 1.60. The highest BCUT2D eigenvalue weighted by atomic mass is 32.2. The van der Waals surface area contributed by atoms with Crippen LogP contribution in [0.1, 0.15) is 45.2 Å². The Morgan fingerprint density at radius 2 is 2.03 bits per heavy atom. The summed E-state index contributed by atoms with van der Waals surface area (Å²) in [5.41, 5.74) is 1.44. The van der Waals surface area contributed by atoms with Crippen LogP contribution in [0.4, 0.5) is 17.3 Å². The number of nitrogens with zero attached hydrogens (tertiary/aromatic N) is 4. The van der Waals surface area contributed by atoms with Crippen LogP contribution in [0.25, 0.3) is 10.6 Å². The fraction of sp³-hybridized carbons (Fsp3) is 0.400. The maximum Gasteiger partial charge on any atom is 0.373 e. The molecule has 1 fully saturated rings. The molecule has 1 aliphatic rings.